The first-order valence-electron chi connectivity index (χ1n) is 5.58. The van der Waals surface area contributed by atoms with Gasteiger partial charge in [0.25, 0.3) is 0 Å². The van der Waals surface area contributed by atoms with Gasteiger partial charge < -0.3 is 4.84 Å². The summed E-state index contributed by atoms with van der Waals surface area (Å²) >= 11 is 0. The lowest BCUT2D eigenvalue weighted by molar-refractivity contribution is 0.0961. The minimum atomic E-state index is 0.0183. The lowest BCUT2D eigenvalue weighted by Gasteiger charge is -2.26. The fourth-order valence-corrected chi connectivity index (χ4v) is 2.54. The Labute approximate surface area is 91.4 Å². The molecule has 0 heterocycles. The fourth-order valence-electron chi connectivity index (χ4n) is 2.54. The molecule has 2 heteroatoms. The van der Waals surface area contributed by atoms with Gasteiger partial charge in [0.05, 0.1) is 6.61 Å². The third-order valence-corrected chi connectivity index (χ3v) is 3.32. The summed E-state index contributed by atoms with van der Waals surface area (Å²) in [4.78, 5) is 4.82. The number of rotatable bonds is 3. The molecule has 0 aromatic heterocycles. The molecule has 1 aliphatic carbocycles. The Bertz CT molecular complexity index is 358. The maximum Gasteiger partial charge on any atom is 0.0770 e. The molecule has 0 saturated heterocycles. The Kier molecular flexibility index (Phi) is 2.81. The highest BCUT2D eigenvalue weighted by Crippen LogP contribution is 2.33. The van der Waals surface area contributed by atoms with E-state index in [0.717, 1.165) is 0 Å². The zero-order valence-electron chi connectivity index (χ0n) is 9.55. The van der Waals surface area contributed by atoms with E-state index in [2.05, 4.69) is 32.0 Å². The maximum absolute atomic E-state index is 5.20. The number of aryl methyl sites for hydroxylation is 1. The lowest BCUT2D eigenvalue weighted by atomic mass is 9.81. The molecule has 0 saturated carbocycles. The molecular weight excluding hydrogens is 186 g/mol. The van der Waals surface area contributed by atoms with Crippen molar-refractivity contribution < 1.29 is 4.84 Å². The topological polar surface area (TPSA) is 35.2 Å². The van der Waals surface area contributed by atoms with E-state index in [4.69, 9.17) is 10.7 Å². The second-order valence-electron chi connectivity index (χ2n) is 4.99. The summed E-state index contributed by atoms with van der Waals surface area (Å²) in [6.07, 6.45) is 3.72. The largest absolute Gasteiger partial charge is 0.304 e. The van der Waals surface area contributed by atoms with Crippen LogP contribution in [0.4, 0.5) is 0 Å². The highest BCUT2D eigenvalue weighted by molar-refractivity contribution is 5.42. The Morgan fingerprint density at radius 2 is 2.13 bits per heavy atom. The summed E-state index contributed by atoms with van der Waals surface area (Å²) in [5, 5.41) is 0. The van der Waals surface area contributed by atoms with Crippen LogP contribution in [0.15, 0.2) is 18.2 Å². The number of benzene rings is 1. The Morgan fingerprint density at radius 1 is 1.33 bits per heavy atom. The van der Waals surface area contributed by atoms with Gasteiger partial charge in [0.2, 0.25) is 0 Å². The van der Waals surface area contributed by atoms with Gasteiger partial charge in [0.1, 0.15) is 0 Å². The zero-order chi connectivity index (χ0) is 10.9. The quantitative estimate of drug-likeness (QED) is 0.769. The van der Waals surface area contributed by atoms with Crippen molar-refractivity contribution in [2.24, 2.45) is 5.90 Å². The van der Waals surface area contributed by atoms with Crippen molar-refractivity contribution in [3.8, 4) is 0 Å². The molecule has 0 unspecified atom stereocenters. The van der Waals surface area contributed by atoms with Crippen LogP contribution in [0.5, 0.6) is 0 Å². The van der Waals surface area contributed by atoms with Gasteiger partial charge in [-0.15, -0.1) is 0 Å². The van der Waals surface area contributed by atoms with Gasteiger partial charge >= 0.3 is 0 Å². The first-order valence-corrected chi connectivity index (χ1v) is 5.58. The van der Waals surface area contributed by atoms with Crippen LogP contribution in [-0.2, 0) is 23.1 Å². The van der Waals surface area contributed by atoms with E-state index in [1.807, 2.05) is 0 Å². The molecule has 0 bridgehead atoms. The van der Waals surface area contributed by atoms with Crippen LogP contribution in [-0.4, -0.2) is 6.61 Å². The predicted molar refractivity (Wildman–Crippen MR) is 61.6 cm³/mol. The van der Waals surface area contributed by atoms with Crippen molar-refractivity contribution in [3.05, 3.63) is 34.9 Å². The van der Waals surface area contributed by atoms with E-state index in [0.29, 0.717) is 6.61 Å². The smallest absolute Gasteiger partial charge is 0.0770 e. The minimum Gasteiger partial charge on any atom is -0.304 e. The van der Waals surface area contributed by atoms with E-state index in [1.54, 1.807) is 0 Å². The van der Waals surface area contributed by atoms with E-state index in [1.165, 1.54) is 36.0 Å². The third kappa shape index (κ3) is 1.92. The normalized spacial score (nSPS) is 15.4. The van der Waals surface area contributed by atoms with Gasteiger partial charge in [-0.05, 0) is 36.0 Å². The SMILES string of the molecule is CC(C)(CON)c1cccc2c1CCC2. The van der Waals surface area contributed by atoms with Crippen LogP contribution in [0.2, 0.25) is 0 Å². The fraction of sp³-hybridized carbons (Fsp3) is 0.538. The monoisotopic (exact) mass is 205 g/mol. The van der Waals surface area contributed by atoms with Gasteiger partial charge in [0.15, 0.2) is 0 Å². The van der Waals surface area contributed by atoms with Crippen LogP contribution in [0.1, 0.15) is 37.0 Å². The Balaban J connectivity index is 2.40. The van der Waals surface area contributed by atoms with Crippen molar-refractivity contribution in [2.45, 2.75) is 38.5 Å². The van der Waals surface area contributed by atoms with E-state index < -0.39 is 0 Å². The third-order valence-electron chi connectivity index (χ3n) is 3.32. The Morgan fingerprint density at radius 3 is 2.87 bits per heavy atom. The van der Waals surface area contributed by atoms with Crippen LogP contribution >= 0.6 is 0 Å². The summed E-state index contributed by atoms with van der Waals surface area (Å²) in [7, 11) is 0. The molecule has 0 fully saturated rings. The summed E-state index contributed by atoms with van der Waals surface area (Å²) in [6, 6.07) is 6.60. The Hall–Kier alpha value is -0.860. The van der Waals surface area contributed by atoms with Gasteiger partial charge in [0, 0.05) is 5.41 Å². The molecule has 0 atom stereocenters. The first-order chi connectivity index (χ1) is 7.15. The molecule has 0 spiro atoms. The molecule has 2 N–H and O–H groups in total. The molecule has 0 amide bonds. The average molecular weight is 205 g/mol. The molecule has 1 aliphatic rings. The summed E-state index contributed by atoms with van der Waals surface area (Å²) < 4.78 is 0. The number of nitrogens with two attached hydrogens (primary N) is 1. The molecule has 2 rings (SSSR count). The van der Waals surface area contributed by atoms with Crippen molar-refractivity contribution >= 4 is 0 Å². The average Bonchev–Trinajstić information content (AvgIpc) is 2.64. The van der Waals surface area contributed by atoms with Crippen LogP contribution in [0.3, 0.4) is 0 Å². The van der Waals surface area contributed by atoms with Crippen molar-refractivity contribution in [2.75, 3.05) is 6.61 Å². The van der Waals surface area contributed by atoms with Crippen molar-refractivity contribution in [3.63, 3.8) is 0 Å². The molecule has 1 aromatic carbocycles. The molecule has 1 aromatic rings. The lowest BCUT2D eigenvalue weighted by Crippen LogP contribution is -2.27. The number of hydrogen-bond donors (Lipinski definition) is 1. The number of fused-ring (bicyclic) bond motifs is 1. The predicted octanol–water partition coefficient (Wildman–Crippen LogP) is 2.34. The molecule has 0 radical (unpaired) electrons. The molecule has 82 valence electrons. The zero-order valence-corrected chi connectivity index (χ0v) is 9.55. The van der Waals surface area contributed by atoms with Crippen molar-refractivity contribution in [1.82, 2.24) is 0 Å². The van der Waals surface area contributed by atoms with Crippen LogP contribution in [0, 0.1) is 0 Å². The standard InChI is InChI=1S/C13H19NO/c1-13(2,9-15-14)12-8-4-6-10-5-3-7-11(10)12/h4,6,8H,3,5,7,9,14H2,1-2H3. The maximum atomic E-state index is 5.20. The van der Waals surface area contributed by atoms with E-state index in [-0.39, 0.29) is 5.41 Å². The first kappa shape index (κ1) is 10.7. The molecular formula is C13H19NO. The van der Waals surface area contributed by atoms with Gasteiger partial charge in [-0.3, -0.25) is 0 Å². The molecule has 15 heavy (non-hydrogen) atoms. The minimum absolute atomic E-state index is 0.0183. The number of hydrogen-bond acceptors (Lipinski definition) is 2. The second-order valence-corrected chi connectivity index (χ2v) is 4.99. The van der Waals surface area contributed by atoms with E-state index >= 15 is 0 Å². The summed E-state index contributed by atoms with van der Waals surface area (Å²) in [6.45, 7) is 4.95. The second kappa shape index (κ2) is 3.95. The van der Waals surface area contributed by atoms with Crippen LogP contribution in [0.25, 0.3) is 0 Å². The van der Waals surface area contributed by atoms with Gasteiger partial charge in [-0.1, -0.05) is 32.0 Å². The van der Waals surface area contributed by atoms with Gasteiger partial charge in [-0.2, -0.15) is 0 Å². The highest BCUT2D eigenvalue weighted by atomic mass is 16.6. The molecule has 2 nitrogen and oxygen atoms in total. The highest BCUT2D eigenvalue weighted by Gasteiger charge is 2.26. The molecule has 0 aliphatic heterocycles. The van der Waals surface area contributed by atoms with Gasteiger partial charge in [-0.25, -0.2) is 5.90 Å². The van der Waals surface area contributed by atoms with Crippen LogP contribution < -0.4 is 5.90 Å². The van der Waals surface area contributed by atoms with E-state index in [9.17, 15) is 0 Å². The van der Waals surface area contributed by atoms with Crippen molar-refractivity contribution in [1.29, 1.82) is 0 Å². The summed E-state index contributed by atoms with van der Waals surface area (Å²) in [5.41, 5.74) is 4.46. The summed E-state index contributed by atoms with van der Waals surface area (Å²) in [5.74, 6) is 5.20.